The predicted octanol–water partition coefficient (Wildman–Crippen LogP) is 2.68. The maximum Gasteiger partial charge on any atom is 0.152 e. The number of sulfone groups is 1. The zero-order valence-corrected chi connectivity index (χ0v) is 13.0. The zero-order chi connectivity index (χ0) is 13.4. The molecule has 1 saturated heterocycles. The number of hydrogen-bond donors (Lipinski definition) is 1. The Hall–Kier alpha value is -0.390. The third kappa shape index (κ3) is 3.13. The molecule has 0 aliphatic carbocycles. The molecule has 0 radical (unpaired) electrons. The molecule has 1 aromatic rings. The SMILES string of the molecule is CC(NC1(C)CCS(=O)(=O)C1)c1ccccc1Br. The highest BCUT2D eigenvalue weighted by Crippen LogP contribution is 2.29. The second-order valence-electron chi connectivity index (χ2n) is 5.29. The van der Waals surface area contributed by atoms with E-state index in [2.05, 4.69) is 34.2 Å². The maximum atomic E-state index is 11.6. The molecular formula is C13H18BrNO2S. The first-order valence-corrected chi connectivity index (χ1v) is 8.65. The summed E-state index contributed by atoms with van der Waals surface area (Å²) in [6, 6.07) is 8.14. The van der Waals surface area contributed by atoms with Gasteiger partial charge in [-0.15, -0.1) is 0 Å². The van der Waals surface area contributed by atoms with Crippen LogP contribution < -0.4 is 5.32 Å². The second kappa shape index (κ2) is 4.94. The Balaban J connectivity index is 2.13. The summed E-state index contributed by atoms with van der Waals surface area (Å²) in [6.45, 7) is 4.06. The van der Waals surface area contributed by atoms with Gasteiger partial charge in [-0.25, -0.2) is 8.42 Å². The first kappa shape index (κ1) is 14.0. The molecule has 1 N–H and O–H groups in total. The van der Waals surface area contributed by atoms with E-state index in [0.29, 0.717) is 12.2 Å². The first-order chi connectivity index (χ1) is 8.31. The highest BCUT2D eigenvalue weighted by molar-refractivity contribution is 9.10. The Bertz CT molecular complexity index is 544. The van der Waals surface area contributed by atoms with Crippen molar-refractivity contribution in [2.24, 2.45) is 0 Å². The summed E-state index contributed by atoms with van der Waals surface area (Å²) >= 11 is 3.53. The third-order valence-corrected chi connectivity index (χ3v) is 6.07. The third-order valence-electron chi connectivity index (χ3n) is 3.44. The molecule has 5 heteroatoms. The quantitative estimate of drug-likeness (QED) is 0.926. The van der Waals surface area contributed by atoms with E-state index in [-0.39, 0.29) is 17.3 Å². The minimum absolute atomic E-state index is 0.124. The van der Waals surface area contributed by atoms with Crippen molar-refractivity contribution in [2.75, 3.05) is 11.5 Å². The van der Waals surface area contributed by atoms with Gasteiger partial charge in [-0.2, -0.15) is 0 Å². The lowest BCUT2D eigenvalue weighted by atomic mass is 9.98. The van der Waals surface area contributed by atoms with Crippen LogP contribution in [0, 0.1) is 0 Å². The van der Waals surface area contributed by atoms with Crippen LogP contribution in [0.1, 0.15) is 31.9 Å². The van der Waals surface area contributed by atoms with Crippen LogP contribution in [0.3, 0.4) is 0 Å². The van der Waals surface area contributed by atoms with Gasteiger partial charge in [0.05, 0.1) is 11.5 Å². The van der Waals surface area contributed by atoms with E-state index >= 15 is 0 Å². The molecule has 100 valence electrons. The molecule has 2 atom stereocenters. The lowest BCUT2D eigenvalue weighted by Gasteiger charge is -2.29. The van der Waals surface area contributed by atoms with Gasteiger partial charge in [-0.3, -0.25) is 0 Å². The van der Waals surface area contributed by atoms with E-state index in [1.54, 1.807) is 0 Å². The fraction of sp³-hybridized carbons (Fsp3) is 0.538. The molecule has 1 aliphatic heterocycles. The summed E-state index contributed by atoms with van der Waals surface area (Å²) in [4.78, 5) is 0. The molecule has 2 unspecified atom stereocenters. The average Bonchev–Trinajstić information content (AvgIpc) is 2.53. The van der Waals surface area contributed by atoms with Crippen LogP contribution >= 0.6 is 15.9 Å². The molecular weight excluding hydrogens is 314 g/mol. The molecule has 1 fully saturated rings. The van der Waals surface area contributed by atoms with Crippen LogP contribution in [-0.4, -0.2) is 25.5 Å². The smallest absolute Gasteiger partial charge is 0.152 e. The molecule has 2 rings (SSSR count). The molecule has 0 saturated carbocycles. The normalized spacial score (nSPS) is 28.2. The van der Waals surface area contributed by atoms with Gasteiger partial charge in [0.15, 0.2) is 9.84 Å². The lowest BCUT2D eigenvalue weighted by Crippen LogP contribution is -2.44. The standard InChI is InChI=1S/C13H18BrNO2S/c1-10(11-5-3-4-6-12(11)14)15-13(2)7-8-18(16,17)9-13/h3-6,10,15H,7-9H2,1-2H3. The van der Waals surface area contributed by atoms with Crippen molar-refractivity contribution < 1.29 is 8.42 Å². The first-order valence-electron chi connectivity index (χ1n) is 6.04. The van der Waals surface area contributed by atoms with Gasteiger partial charge < -0.3 is 5.32 Å². The largest absolute Gasteiger partial charge is 0.304 e. The van der Waals surface area contributed by atoms with Gasteiger partial charge in [0.25, 0.3) is 0 Å². The van der Waals surface area contributed by atoms with Crippen molar-refractivity contribution in [3.8, 4) is 0 Å². The minimum atomic E-state index is -2.87. The predicted molar refractivity (Wildman–Crippen MR) is 77.4 cm³/mol. The van der Waals surface area contributed by atoms with E-state index in [9.17, 15) is 8.42 Å². The van der Waals surface area contributed by atoms with Gasteiger partial charge in [0.1, 0.15) is 0 Å². The second-order valence-corrected chi connectivity index (χ2v) is 8.33. The van der Waals surface area contributed by atoms with E-state index in [1.807, 2.05) is 25.1 Å². The topological polar surface area (TPSA) is 46.2 Å². The summed E-state index contributed by atoms with van der Waals surface area (Å²) in [5.41, 5.74) is 0.844. The zero-order valence-electron chi connectivity index (χ0n) is 10.6. The van der Waals surface area contributed by atoms with E-state index in [1.165, 1.54) is 0 Å². The molecule has 18 heavy (non-hydrogen) atoms. The van der Waals surface area contributed by atoms with Crippen molar-refractivity contribution in [1.82, 2.24) is 5.32 Å². The van der Waals surface area contributed by atoms with Gasteiger partial charge in [-0.05, 0) is 31.9 Å². The number of rotatable bonds is 3. The van der Waals surface area contributed by atoms with Crippen LogP contribution in [0.5, 0.6) is 0 Å². The molecule has 0 aromatic heterocycles. The summed E-state index contributed by atoms with van der Waals surface area (Å²) < 4.78 is 24.2. The Kier molecular flexibility index (Phi) is 3.85. The Morgan fingerprint density at radius 3 is 2.61 bits per heavy atom. The maximum absolute atomic E-state index is 11.6. The van der Waals surface area contributed by atoms with Gasteiger partial charge in [-0.1, -0.05) is 34.1 Å². The number of nitrogens with one attached hydrogen (secondary N) is 1. The fourth-order valence-corrected chi connectivity index (χ4v) is 5.28. The van der Waals surface area contributed by atoms with Crippen LogP contribution in [0.4, 0.5) is 0 Å². The summed E-state index contributed by atoms with van der Waals surface area (Å²) in [6.07, 6.45) is 0.685. The van der Waals surface area contributed by atoms with E-state index in [0.717, 1.165) is 10.0 Å². The highest BCUT2D eigenvalue weighted by atomic mass is 79.9. The molecule has 1 aromatic carbocycles. The number of benzene rings is 1. The Morgan fingerprint density at radius 1 is 1.39 bits per heavy atom. The van der Waals surface area contributed by atoms with Gasteiger partial charge >= 0.3 is 0 Å². The lowest BCUT2D eigenvalue weighted by molar-refractivity contribution is 0.355. The molecule has 0 spiro atoms. The molecule has 0 amide bonds. The van der Waals surface area contributed by atoms with Crippen molar-refractivity contribution in [2.45, 2.75) is 31.8 Å². The van der Waals surface area contributed by atoms with Crippen LogP contribution in [0.2, 0.25) is 0 Å². The summed E-state index contributed by atoms with van der Waals surface area (Å²) in [5.74, 6) is 0.522. The Labute approximate surface area is 117 Å². The average molecular weight is 332 g/mol. The van der Waals surface area contributed by atoms with E-state index in [4.69, 9.17) is 0 Å². The minimum Gasteiger partial charge on any atom is -0.304 e. The molecule has 1 heterocycles. The highest BCUT2D eigenvalue weighted by Gasteiger charge is 2.39. The Morgan fingerprint density at radius 2 is 2.06 bits per heavy atom. The van der Waals surface area contributed by atoms with Crippen LogP contribution in [0.15, 0.2) is 28.7 Å². The van der Waals surface area contributed by atoms with Crippen molar-refractivity contribution in [3.05, 3.63) is 34.3 Å². The van der Waals surface area contributed by atoms with Gasteiger partial charge in [0, 0.05) is 16.1 Å². The number of hydrogen-bond acceptors (Lipinski definition) is 3. The number of halogens is 1. The van der Waals surface area contributed by atoms with E-state index < -0.39 is 9.84 Å². The monoisotopic (exact) mass is 331 g/mol. The van der Waals surface area contributed by atoms with Crippen molar-refractivity contribution in [1.29, 1.82) is 0 Å². The molecule has 3 nitrogen and oxygen atoms in total. The van der Waals surface area contributed by atoms with Crippen LogP contribution in [0.25, 0.3) is 0 Å². The van der Waals surface area contributed by atoms with Crippen molar-refractivity contribution in [3.63, 3.8) is 0 Å². The van der Waals surface area contributed by atoms with Crippen LogP contribution in [-0.2, 0) is 9.84 Å². The summed E-state index contributed by atoms with van der Waals surface area (Å²) in [7, 11) is -2.87. The molecule has 0 bridgehead atoms. The van der Waals surface area contributed by atoms with Crippen molar-refractivity contribution >= 4 is 25.8 Å². The molecule has 1 aliphatic rings. The van der Waals surface area contributed by atoms with Gasteiger partial charge in [0.2, 0.25) is 0 Å². The summed E-state index contributed by atoms with van der Waals surface area (Å²) in [5, 5.41) is 3.46. The fourth-order valence-electron chi connectivity index (χ4n) is 2.55.